The fourth-order valence-corrected chi connectivity index (χ4v) is 2.87. The lowest BCUT2D eigenvalue weighted by atomic mass is 9.86. The van der Waals surface area contributed by atoms with Crippen LogP contribution < -0.4 is 10.1 Å². The van der Waals surface area contributed by atoms with Gasteiger partial charge in [-0.05, 0) is 56.3 Å². The fraction of sp³-hybridized carbons (Fsp3) is 0.647. The maximum Gasteiger partial charge on any atom is 0.119 e. The molecule has 0 aliphatic heterocycles. The Morgan fingerprint density at radius 3 is 2.89 bits per heavy atom. The van der Waals surface area contributed by atoms with E-state index in [9.17, 15) is 0 Å². The molecular formula is C17H27NO. The second kappa shape index (κ2) is 7.54. The molecule has 1 saturated carbocycles. The van der Waals surface area contributed by atoms with Crippen LogP contribution in [0.2, 0.25) is 0 Å². The van der Waals surface area contributed by atoms with Gasteiger partial charge in [-0.1, -0.05) is 31.9 Å². The number of benzene rings is 1. The van der Waals surface area contributed by atoms with Gasteiger partial charge in [0, 0.05) is 6.04 Å². The minimum atomic E-state index is 0.729. The van der Waals surface area contributed by atoms with Crippen LogP contribution in [0.25, 0.3) is 0 Å². The zero-order valence-corrected chi connectivity index (χ0v) is 12.3. The van der Waals surface area contributed by atoms with Gasteiger partial charge < -0.3 is 10.1 Å². The summed E-state index contributed by atoms with van der Waals surface area (Å²) in [5, 5.41) is 3.69. The number of ether oxygens (including phenoxy) is 1. The quantitative estimate of drug-likeness (QED) is 0.783. The fourth-order valence-electron chi connectivity index (χ4n) is 2.87. The Hall–Kier alpha value is -1.02. The third-order valence-electron chi connectivity index (χ3n) is 4.10. The van der Waals surface area contributed by atoms with Gasteiger partial charge in [-0.15, -0.1) is 0 Å². The van der Waals surface area contributed by atoms with Crippen molar-refractivity contribution < 1.29 is 4.74 Å². The molecule has 2 unspecified atom stereocenters. The van der Waals surface area contributed by atoms with Gasteiger partial charge in [0.2, 0.25) is 0 Å². The minimum absolute atomic E-state index is 0.729. The highest BCUT2D eigenvalue weighted by molar-refractivity contribution is 5.27. The van der Waals surface area contributed by atoms with Crippen molar-refractivity contribution in [1.29, 1.82) is 0 Å². The zero-order chi connectivity index (χ0) is 13.5. The van der Waals surface area contributed by atoms with Gasteiger partial charge in [-0.2, -0.15) is 0 Å². The molecule has 0 saturated heterocycles. The first-order valence-corrected chi connectivity index (χ1v) is 7.68. The summed E-state index contributed by atoms with van der Waals surface area (Å²) in [7, 11) is 0. The molecule has 0 bridgehead atoms. The van der Waals surface area contributed by atoms with Crippen LogP contribution in [0.1, 0.15) is 44.6 Å². The summed E-state index contributed by atoms with van der Waals surface area (Å²) in [6, 6.07) is 9.00. The third-order valence-corrected chi connectivity index (χ3v) is 4.10. The van der Waals surface area contributed by atoms with Crippen LogP contribution in [-0.4, -0.2) is 19.2 Å². The van der Waals surface area contributed by atoms with Crippen molar-refractivity contribution >= 4 is 0 Å². The third kappa shape index (κ3) is 4.87. The maximum absolute atomic E-state index is 5.76. The van der Waals surface area contributed by atoms with Gasteiger partial charge in [0.05, 0.1) is 6.61 Å². The van der Waals surface area contributed by atoms with Crippen LogP contribution >= 0.6 is 0 Å². The topological polar surface area (TPSA) is 21.3 Å². The van der Waals surface area contributed by atoms with Crippen molar-refractivity contribution in [2.24, 2.45) is 5.92 Å². The smallest absolute Gasteiger partial charge is 0.119 e. The molecule has 1 aliphatic carbocycles. The molecule has 1 aliphatic rings. The van der Waals surface area contributed by atoms with Crippen molar-refractivity contribution in [2.75, 3.05) is 13.2 Å². The predicted molar refractivity (Wildman–Crippen MR) is 80.7 cm³/mol. The van der Waals surface area contributed by atoms with E-state index in [2.05, 4.69) is 31.3 Å². The zero-order valence-electron chi connectivity index (χ0n) is 12.3. The van der Waals surface area contributed by atoms with E-state index in [0.29, 0.717) is 0 Å². The average molecular weight is 261 g/mol. The van der Waals surface area contributed by atoms with Crippen molar-refractivity contribution in [1.82, 2.24) is 5.32 Å². The summed E-state index contributed by atoms with van der Waals surface area (Å²) in [5.41, 5.74) is 1.26. The molecule has 0 radical (unpaired) electrons. The second-order valence-corrected chi connectivity index (χ2v) is 5.84. The average Bonchev–Trinajstić information content (AvgIpc) is 2.40. The molecule has 2 nitrogen and oxygen atoms in total. The number of rotatable bonds is 6. The van der Waals surface area contributed by atoms with E-state index >= 15 is 0 Å². The van der Waals surface area contributed by atoms with Gasteiger partial charge in [0.25, 0.3) is 0 Å². The predicted octanol–water partition coefficient (Wildman–Crippen LogP) is 3.93. The van der Waals surface area contributed by atoms with Gasteiger partial charge in [0.15, 0.2) is 0 Å². The Morgan fingerprint density at radius 1 is 1.26 bits per heavy atom. The molecule has 1 fully saturated rings. The standard InChI is InChI=1S/C17H27NO/c1-14-7-5-9-16(13-14)19-12-6-11-18-17-10-4-3-8-15(17)2/h5,7,9,13,15,17-18H,3-4,6,8,10-12H2,1-2H3. The van der Waals surface area contributed by atoms with E-state index < -0.39 is 0 Å². The first-order valence-electron chi connectivity index (χ1n) is 7.68. The summed E-state index contributed by atoms with van der Waals surface area (Å²) < 4.78 is 5.76. The highest BCUT2D eigenvalue weighted by Gasteiger charge is 2.19. The molecule has 106 valence electrons. The van der Waals surface area contributed by atoms with Crippen LogP contribution in [0.5, 0.6) is 5.75 Å². The number of hydrogen-bond acceptors (Lipinski definition) is 2. The summed E-state index contributed by atoms with van der Waals surface area (Å²) >= 11 is 0. The largest absolute Gasteiger partial charge is 0.494 e. The minimum Gasteiger partial charge on any atom is -0.494 e. The number of aryl methyl sites for hydroxylation is 1. The normalized spacial score (nSPS) is 23.3. The van der Waals surface area contributed by atoms with E-state index in [1.807, 2.05) is 12.1 Å². The Bertz CT molecular complexity index is 377. The van der Waals surface area contributed by atoms with Gasteiger partial charge in [-0.25, -0.2) is 0 Å². The molecule has 2 rings (SSSR count). The first kappa shape index (κ1) is 14.4. The van der Waals surface area contributed by atoms with Gasteiger partial charge >= 0.3 is 0 Å². The Labute approximate surface area is 117 Å². The molecule has 1 N–H and O–H groups in total. The van der Waals surface area contributed by atoms with E-state index in [1.165, 1.54) is 31.2 Å². The van der Waals surface area contributed by atoms with Crippen molar-refractivity contribution in [3.05, 3.63) is 29.8 Å². The van der Waals surface area contributed by atoms with Crippen LogP contribution in [0, 0.1) is 12.8 Å². The van der Waals surface area contributed by atoms with E-state index in [-0.39, 0.29) is 0 Å². The highest BCUT2D eigenvalue weighted by Crippen LogP contribution is 2.23. The number of nitrogens with one attached hydrogen (secondary N) is 1. The SMILES string of the molecule is Cc1cccc(OCCCNC2CCCCC2C)c1. The lowest BCUT2D eigenvalue weighted by molar-refractivity contribution is 0.263. The molecular weight excluding hydrogens is 234 g/mol. The monoisotopic (exact) mass is 261 g/mol. The molecule has 1 aromatic rings. The molecule has 0 amide bonds. The van der Waals surface area contributed by atoms with Gasteiger partial charge in [-0.3, -0.25) is 0 Å². The van der Waals surface area contributed by atoms with E-state index in [0.717, 1.165) is 37.3 Å². The molecule has 2 atom stereocenters. The molecule has 2 heteroatoms. The van der Waals surface area contributed by atoms with E-state index in [1.54, 1.807) is 0 Å². The van der Waals surface area contributed by atoms with E-state index in [4.69, 9.17) is 4.74 Å². The summed E-state index contributed by atoms with van der Waals surface area (Å²) in [5.74, 6) is 1.83. The summed E-state index contributed by atoms with van der Waals surface area (Å²) in [4.78, 5) is 0. The van der Waals surface area contributed by atoms with Crippen molar-refractivity contribution in [2.45, 2.75) is 52.0 Å². The molecule has 19 heavy (non-hydrogen) atoms. The summed E-state index contributed by atoms with van der Waals surface area (Å²) in [6.07, 6.45) is 6.62. The molecule has 1 aromatic carbocycles. The van der Waals surface area contributed by atoms with Crippen molar-refractivity contribution in [3.8, 4) is 5.75 Å². The van der Waals surface area contributed by atoms with Crippen LogP contribution in [0.4, 0.5) is 0 Å². The van der Waals surface area contributed by atoms with Gasteiger partial charge in [0.1, 0.15) is 5.75 Å². The molecule has 0 heterocycles. The Morgan fingerprint density at radius 2 is 2.11 bits per heavy atom. The van der Waals surface area contributed by atoms with Crippen LogP contribution in [0.3, 0.4) is 0 Å². The molecule has 0 spiro atoms. The summed E-state index contributed by atoms with van der Waals surface area (Å²) in [6.45, 7) is 6.34. The maximum atomic E-state index is 5.76. The van der Waals surface area contributed by atoms with Crippen molar-refractivity contribution in [3.63, 3.8) is 0 Å². The van der Waals surface area contributed by atoms with Crippen LogP contribution in [0.15, 0.2) is 24.3 Å². The first-order chi connectivity index (χ1) is 9.25. The second-order valence-electron chi connectivity index (χ2n) is 5.84. The Kier molecular flexibility index (Phi) is 5.71. The lowest BCUT2D eigenvalue weighted by Gasteiger charge is -2.29. The highest BCUT2D eigenvalue weighted by atomic mass is 16.5. The molecule has 0 aromatic heterocycles. The lowest BCUT2D eigenvalue weighted by Crippen LogP contribution is -2.38. The number of hydrogen-bond donors (Lipinski definition) is 1. The van der Waals surface area contributed by atoms with Crippen LogP contribution in [-0.2, 0) is 0 Å². The Balaban J connectivity index is 1.59.